The maximum Gasteiger partial charge on any atom is 0.278 e. The highest BCUT2D eigenvalue weighted by Crippen LogP contribution is 2.14. The molecule has 0 amide bonds. The van der Waals surface area contributed by atoms with Crippen LogP contribution in [0, 0.1) is 0 Å². The van der Waals surface area contributed by atoms with Gasteiger partial charge >= 0.3 is 0 Å². The second kappa shape index (κ2) is 5.62. The zero-order valence-electron chi connectivity index (χ0n) is 8.39. The van der Waals surface area contributed by atoms with Gasteiger partial charge in [-0.15, -0.1) is 0 Å². The Bertz CT molecular complexity index is 457. The quantitative estimate of drug-likeness (QED) is 0.879. The van der Waals surface area contributed by atoms with E-state index in [1.54, 1.807) is 6.92 Å². The molecule has 0 aromatic carbocycles. The van der Waals surface area contributed by atoms with E-state index in [1.165, 1.54) is 0 Å². The Morgan fingerprint density at radius 1 is 1.69 bits per heavy atom. The zero-order chi connectivity index (χ0) is 12.2. The molecule has 0 aliphatic heterocycles. The van der Waals surface area contributed by atoms with Crippen LogP contribution in [0.4, 0.5) is 0 Å². The summed E-state index contributed by atoms with van der Waals surface area (Å²) < 4.78 is 25.0. The van der Waals surface area contributed by atoms with E-state index in [9.17, 15) is 8.42 Å². The minimum atomic E-state index is -3.69. The topological polar surface area (TPSA) is 79.0 Å². The average Bonchev–Trinajstić information content (AvgIpc) is 2.78. The van der Waals surface area contributed by atoms with Gasteiger partial charge in [-0.25, -0.2) is 18.5 Å². The van der Waals surface area contributed by atoms with Crippen LogP contribution in [-0.4, -0.2) is 41.0 Å². The Labute approximate surface area is 103 Å². The summed E-state index contributed by atoms with van der Waals surface area (Å²) in [7, 11) is -3.69. The number of nitrogens with zero attached hydrogens (tertiary/aromatic N) is 3. The van der Waals surface area contributed by atoms with Gasteiger partial charge in [0.2, 0.25) is 0 Å². The van der Waals surface area contributed by atoms with Gasteiger partial charge in [0.25, 0.3) is 15.2 Å². The van der Waals surface area contributed by atoms with Crippen LogP contribution in [0.3, 0.4) is 0 Å². The third kappa shape index (κ3) is 2.94. The minimum Gasteiger partial charge on any atom is -0.249 e. The highest BCUT2D eigenvalue weighted by molar-refractivity contribution is 7.88. The molecule has 0 aliphatic carbocycles. The molecule has 90 valence electrons. The van der Waals surface area contributed by atoms with E-state index < -0.39 is 10.0 Å². The number of hydrogen-bond acceptors (Lipinski definition) is 4. The molecule has 0 aliphatic rings. The Morgan fingerprint density at radius 3 is 2.81 bits per heavy atom. The van der Waals surface area contributed by atoms with Gasteiger partial charge in [-0.05, 0) is 0 Å². The fraction of sp³-hybridized carbons (Fsp3) is 0.429. The van der Waals surface area contributed by atoms with E-state index in [2.05, 4.69) is 15.2 Å². The minimum absolute atomic E-state index is 0.00455. The summed E-state index contributed by atoms with van der Waals surface area (Å²) in [5.74, 6) is 0. The summed E-state index contributed by atoms with van der Waals surface area (Å²) >= 11 is 11.1. The normalized spacial score (nSPS) is 13.4. The molecule has 9 heteroatoms. The highest BCUT2D eigenvalue weighted by atomic mass is 35.5. The van der Waals surface area contributed by atoms with Crippen LogP contribution in [0.2, 0.25) is 0 Å². The van der Waals surface area contributed by atoms with E-state index in [4.69, 9.17) is 23.2 Å². The second-order valence-corrected chi connectivity index (χ2v) is 5.33. The van der Waals surface area contributed by atoms with E-state index in [-0.39, 0.29) is 23.3 Å². The van der Waals surface area contributed by atoms with Crippen LogP contribution in [0.5, 0.6) is 0 Å². The monoisotopic (exact) mass is 284 g/mol. The average molecular weight is 285 g/mol. The van der Waals surface area contributed by atoms with Gasteiger partial charge in [-0.1, -0.05) is 30.1 Å². The summed E-state index contributed by atoms with van der Waals surface area (Å²) in [5.41, 5.74) is 1.13. The largest absolute Gasteiger partial charge is 0.278 e. The van der Waals surface area contributed by atoms with E-state index in [0.29, 0.717) is 0 Å². The lowest BCUT2D eigenvalue weighted by Crippen LogP contribution is -2.32. The van der Waals surface area contributed by atoms with E-state index >= 15 is 0 Å². The SMILES string of the molecule is CCN(CC(Cl)=CCl)S(=O)(=O)c1ncn[nH]1. The molecule has 1 heterocycles. The standard InChI is InChI=1S/C7H10Cl2N4O2S/c1-2-13(4-6(9)3-8)16(14,15)7-10-5-11-12-7/h3,5H,2,4H2,1H3,(H,10,11,12). The molecule has 16 heavy (non-hydrogen) atoms. The lowest BCUT2D eigenvalue weighted by atomic mass is 10.6. The first kappa shape index (κ1) is 13.4. The Kier molecular flexibility index (Phi) is 4.72. The second-order valence-electron chi connectivity index (χ2n) is 2.78. The third-order valence-corrected chi connectivity index (χ3v) is 4.13. The molecule has 0 atom stereocenters. The molecule has 0 unspecified atom stereocenters. The van der Waals surface area contributed by atoms with E-state index in [1.807, 2.05) is 0 Å². The molecule has 0 saturated carbocycles. The van der Waals surface area contributed by atoms with Crippen LogP contribution in [-0.2, 0) is 10.0 Å². The lowest BCUT2D eigenvalue weighted by Gasteiger charge is -2.17. The Morgan fingerprint density at radius 2 is 2.38 bits per heavy atom. The number of likely N-dealkylation sites (N-methyl/N-ethyl adjacent to an activating group) is 1. The zero-order valence-corrected chi connectivity index (χ0v) is 10.7. The maximum atomic E-state index is 11.9. The molecule has 1 rings (SSSR count). The van der Waals surface area contributed by atoms with Gasteiger partial charge in [0, 0.05) is 17.1 Å². The van der Waals surface area contributed by atoms with Crippen molar-refractivity contribution in [2.45, 2.75) is 12.1 Å². The number of H-pyrrole nitrogens is 1. The molecule has 0 fully saturated rings. The fourth-order valence-corrected chi connectivity index (χ4v) is 2.54. The lowest BCUT2D eigenvalue weighted by molar-refractivity contribution is 0.451. The molecule has 1 N–H and O–H groups in total. The molecule has 0 spiro atoms. The first-order valence-corrected chi connectivity index (χ1v) is 6.58. The predicted octanol–water partition coefficient (Wildman–Crippen LogP) is 1.13. The van der Waals surface area contributed by atoms with Crippen LogP contribution < -0.4 is 0 Å². The van der Waals surface area contributed by atoms with Crippen molar-refractivity contribution in [3.8, 4) is 0 Å². The van der Waals surface area contributed by atoms with Gasteiger partial charge in [0.1, 0.15) is 6.33 Å². The van der Waals surface area contributed by atoms with Crippen LogP contribution in [0.1, 0.15) is 6.92 Å². The van der Waals surface area contributed by atoms with Gasteiger partial charge < -0.3 is 0 Å². The number of rotatable bonds is 5. The first-order valence-electron chi connectivity index (χ1n) is 4.32. The van der Waals surface area contributed by atoms with Gasteiger partial charge in [0.15, 0.2) is 0 Å². The number of aromatic amines is 1. The number of halogens is 2. The highest BCUT2D eigenvalue weighted by Gasteiger charge is 2.26. The van der Waals surface area contributed by atoms with Crippen LogP contribution >= 0.6 is 23.2 Å². The summed E-state index contributed by atoms with van der Waals surface area (Å²) in [6, 6.07) is 0. The molecule has 0 saturated heterocycles. The number of sulfonamides is 1. The molecule has 6 nitrogen and oxygen atoms in total. The van der Waals surface area contributed by atoms with Crippen molar-refractivity contribution >= 4 is 33.2 Å². The van der Waals surface area contributed by atoms with Crippen molar-refractivity contribution in [1.82, 2.24) is 19.5 Å². The van der Waals surface area contributed by atoms with Crippen molar-refractivity contribution in [2.75, 3.05) is 13.1 Å². The molecule has 1 aromatic heterocycles. The number of aromatic nitrogens is 3. The fourth-order valence-electron chi connectivity index (χ4n) is 1.01. The van der Waals surface area contributed by atoms with Crippen molar-refractivity contribution < 1.29 is 8.42 Å². The summed E-state index contributed by atoms with van der Waals surface area (Å²) in [4.78, 5) is 3.60. The Balaban J connectivity index is 2.97. The van der Waals surface area contributed by atoms with Crippen molar-refractivity contribution in [3.05, 3.63) is 16.9 Å². The molecular weight excluding hydrogens is 275 g/mol. The van der Waals surface area contributed by atoms with E-state index in [0.717, 1.165) is 16.2 Å². The number of hydrogen-bond donors (Lipinski definition) is 1. The molecule has 1 aromatic rings. The summed E-state index contributed by atoms with van der Waals surface area (Å²) in [5, 5.41) is 5.80. The van der Waals surface area contributed by atoms with Crippen LogP contribution in [0.15, 0.2) is 22.1 Å². The Hall–Kier alpha value is -0.630. The molecular formula is C7H10Cl2N4O2S. The first-order chi connectivity index (χ1) is 7.52. The van der Waals surface area contributed by atoms with Gasteiger partial charge in [0.05, 0.1) is 6.54 Å². The van der Waals surface area contributed by atoms with Crippen molar-refractivity contribution in [3.63, 3.8) is 0 Å². The predicted molar refractivity (Wildman–Crippen MR) is 60.6 cm³/mol. The maximum absolute atomic E-state index is 11.9. The van der Waals surface area contributed by atoms with Crippen molar-refractivity contribution in [2.24, 2.45) is 0 Å². The summed E-state index contributed by atoms with van der Waals surface area (Å²) in [6.07, 6.45) is 1.12. The number of nitrogens with one attached hydrogen (secondary N) is 1. The molecule has 0 radical (unpaired) electrons. The third-order valence-electron chi connectivity index (χ3n) is 1.78. The van der Waals surface area contributed by atoms with Gasteiger partial charge in [-0.3, -0.25) is 0 Å². The smallest absolute Gasteiger partial charge is 0.249 e. The summed E-state index contributed by atoms with van der Waals surface area (Å²) in [6.45, 7) is 1.95. The van der Waals surface area contributed by atoms with Gasteiger partial charge in [-0.2, -0.15) is 9.40 Å². The van der Waals surface area contributed by atoms with Crippen LogP contribution in [0.25, 0.3) is 0 Å². The molecule has 0 bridgehead atoms. The van der Waals surface area contributed by atoms with Crippen molar-refractivity contribution in [1.29, 1.82) is 0 Å².